The van der Waals surface area contributed by atoms with E-state index in [2.05, 4.69) is 4.90 Å². The van der Waals surface area contributed by atoms with Crippen molar-refractivity contribution in [3.05, 3.63) is 23.8 Å². The lowest BCUT2D eigenvalue weighted by atomic mass is 10.1. The number of ether oxygens (including phenoxy) is 1. The van der Waals surface area contributed by atoms with E-state index in [1.165, 1.54) is 0 Å². The Bertz CT molecular complexity index is 341. The van der Waals surface area contributed by atoms with E-state index in [4.69, 9.17) is 9.84 Å². The highest BCUT2D eigenvalue weighted by atomic mass is 16.5. The lowest BCUT2D eigenvalue weighted by Gasteiger charge is -2.20. The van der Waals surface area contributed by atoms with Crippen LogP contribution in [-0.2, 0) is 6.54 Å². The molecule has 1 rings (SSSR count). The predicted octanol–water partition coefficient (Wildman–Crippen LogP) is 1.61. The molecule has 0 aliphatic carbocycles. The molecule has 96 valence electrons. The highest BCUT2D eigenvalue weighted by molar-refractivity contribution is 5.39. The van der Waals surface area contributed by atoms with Crippen molar-refractivity contribution < 1.29 is 14.9 Å². The second kappa shape index (κ2) is 7.14. The van der Waals surface area contributed by atoms with Crippen molar-refractivity contribution in [3.63, 3.8) is 0 Å². The average molecular weight is 239 g/mol. The molecule has 0 spiro atoms. The summed E-state index contributed by atoms with van der Waals surface area (Å²) in [6.07, 6.45) is 0. The maximum absolute atomic E-state index is 9.77. The van der Waals surface area contributed by atoms with Crippen molar-refractivity contribution in [1.29, 1.82) is 0 Å². The molecule has 0 saturated carbocycles. The van der Waals surface area contributed by atoms with Crippen LogP contribution in [0.2, 0.25) is 0 Å². The molecule has 0 amide bonds. The Morgan fingerprint density at radius 2 is 2.06 bits per heavy atom. The van der Waals surface area contributed by atoms with E-state index in [1.54, 1.807) is 12.1 Å². The number of nitrogens with zero attached hydrogens (tertiary/aromatic N) is 1. The highest BCUT2D eigenvalue weighted by Crippen LogP contribution is 2.24. The van der Waals surface area contributed by atoms with Crippen molar-refractivity contribution in [3.8, 4) is 11.5 Å². The Hall–Kier alpha value is -1.26. The van der Waals surface area contributed by atoms with Crippen molar-refractivity contribution in [2.24, 2.45) is 0 Å². The maximum Gasteiger partial charge on any atom is 0.120 e. The summed E-state index contributed by atoms with van der Waals surface area (Å²) in [6.45, 7) is 6.74. The maximum atomic E-state index is 9.77. The third kappa shape index (κ3) is 4.24. The number of aliphatic hydroxyl groups is 1. The SMILES string of the molecule is CCOc1ccc(O)c(CN(CC)CCO)c1. The molecule has 0 aliphatic heterocycles. The number of aromatic hydroxyl groups is 1. The van der Waals surface area contributed by atoms with Crippen LogP contribution in [0.1, 0.15) is 19.4 Å². The van der Waals surface area contributed by atoms with Gasteiger partial charge in [-0.05, 0) is 31.7 Å². The molecule has 4 heteroatoms. The van der Waals surface area contributed by atoms with Crippen LogP contribution in [0.25, 0.3) is 0 Å². The van der Waals surface area contributed by atoms with Gasteiger partial charge >= 0.3 is 0 Å². The first-order chi connectivity index (χ1) is 8.21. The Morgan fingerprint density at radius 1 is 1.29 bits per heavy atom. The Labute approximate surface area is 102 Å². The summed E-state index contributed by atoms with van der Waals surface area (Å²) < 4.78 is 5.40. The molecule has 1 aromatic rings. The van der Waals surface area contributed by atoms with Crippen LogP contribution >= 0.6 is 0 Å². The fourth-order valence-electron chi connectivity index (χ4n) is 1.68. The fraction of sp³-hybridized carbons (Fsp3) is 0.538. The molecule has 0 unspecified atom stereocenters. The molecule has 0 fully saturated rings. The molecule has 0 radical (unpaired) electrons. The van der Waals surface area contributed by atoms with Gasteiger partial charge in [0.15, 0.2) is 0 Å². The first-order valence-corrected chi connectivity index (χ1v) is 5.99. The molecule has 1 aromatic carbocycles. The Morgan fingerprint density at radius 3 is 2.65 bits per heavy atom. The van der Waals surface area contributed by atoms with Gasteiger partial charge in [-0.25, -0.2) is 0 Å². The molecule has 0 atom stereocenters. The van der Waals surface area contributed by atoms with Gasteiger partial charge in [0.25, 0.3) is 0 Å². The van der Waals surface area contributed by atoms with Crippen molar-refractivity contribution in [2.45, 2.75) is 20.4 Å². The number of benzene rings is 1. The van der Waals surface area contributed by atoms with E-state index in [-0.39, 0.29) is 12.4 Å². The molecular formula is C13H21NO3. The first kappa shape index (κ1) is 13.8. The van der Waals surface area contributed by atoms with Gasteiger partial charge < -0.3 is 14.9 Å². The number of phenols is 1. The minimum atomic E-state index is 0.125. The number of hydrogen-bond donors (Lipinski definition) is 2. The molecule has 0 aliphatic rings. The van der Waals surface area contributed by atoms with Gasteiger partial charge in [0, 0.05) is 18.7 Å². The highest BCUT2D eigenvalue weighted by Gasteiger charge is 2.08. The standard InChI is InChI=1S/C13H21NO3/c1-3-14(7-8-15)10-11-9-12(17-4-2)5-6-13(11)16/h5-6,9,15-16H,3-4,7-8,10H2,1-2H3. The molecule has 17 heavy (non-hydrogen) atoms. The minimum Gasteiger partial charge on any atom is -0.508 e. The van der Waals surface area contributed by atoms with Gasteiger partial charge in [-0.1, -0.05) is 6.92 Å². The van der Waals surface area contributed by atoms with E-state index in [1.807, 2.05) is 19.9 Å². The summed E-state index contributed by atoms with van der Waals surface area (Å²) in [5.74, 6) is 1.03. The van der Waals surface area contributed by atoms with E-state index < -0.39 is 0 Å². The Kier molecular flexibility index (Phi) is 5.80. The quantitative estimate of drug-likeness (QED) is 0.759. The van der Waals surface area contributed by atoms with E-state index in [0.717, 1.165) is 17.9 Å². The van der Waals surface area contributed by atoms with E-state index in [0.29, 0.717) is 19.7 Å². The summed E-state index contributed by atoms with van der Waals surface area (Å²) >= 11 is 0. The lowest BCUT2D eigenvalue weighted by molar-refractivity contribution is 0.195. The van der Waals surface area contributed by atoms with Crippen molar-refractivity contribution >= 4 is 0 Å². The number of rotatable bonds is 7. The van der Waals surface area contributed by atoms with Crippen LogP contribution in [-0.4, -0.2) is 41.4 Å². The minimum absolute atomic E-state index is 0.125. The van der Waals surface area contributed by atoms with Crippen molar-refractivity contribution in [1.82, 2.24) is 4.90 Å². The van der Waals surface area contributed by atoms with Crippen LogP contribution in [0.3, 0.4) is 0 Å². The third-order valence-corrected chi connectivity index (χ3v) is 2.62. The molecule has 0 aromatic heterocycles. The van der Waals surface area contributed by atoms with Crippen LogP contribution < -0.4 is 4.74 Å². The number of phenolic OH excluding ortho intramolecular Hbond substituents is 1. The van der Waals surface area contributed by atoms with Gasteiger partial charge in [-0.15, -0.1) is 0 Å². The van der Waals surface area contributed by atoms with Crippen LogP contribution in [0, 0.1) is 0 Å². The number of aliphatic hydroxyl groups excluding tert-OH is 1. The molecule has 0 heterocycles. The van der Waals surface area contributed by atoms with Crippen LogP contribution in [0.15, 0.2) is 18.2 Å². The van der Waals surface area contributed by atoms with E-state index in [9.17, 15) is 5.11 Å². The Balaban J connectivity index is 2.76. The van der Waals surface area contributed by atoms with E-state index >= 15 is 0 Å². The van der Waals surface area contributed by atoms with Crippen molar-refractivity contribution in [2.75, 3.05) is 26.3 Å². The average Bonchev–Trinajstić information content (AvgIpc) is 2.33. The summed E-state index contributed by atoms with van der Waals surface area (Å²) in [5.41, 5.74) is 0.825. The monoisotopic (exact) mass is 239 g/mol. The number of likely N-dealkylation sites (N-methyl/N-ethyl adjacent to an activating group) is 1. The zero-order valence-electron chi connectivity index (χ0n) is 10.5. The molecule has 0 bridgehead atoms. The van der Waals surface area contributed by atoms with Crippen LogP contribution in [0.4, 0.5) is 0 Å². The second-order valence-electron chi connectivity index (χ2n) is 3.82. The van der Waals surface area contributed by atoms with Gasteiger partial charge in [-0.3, -0.25) is 4.90 Å². The van der Waals surface area contributed by atoms with Gasteiger partial charge in [0.05, 0.1) is 13.2 Å². The molecular weight excluding hydrogens is 218 g/mol. The summed E-state index contributed by atoms with van der Waals surface area (Å²) in [5, 5.41) is 18.7. The zero-order valence-corrected chi connectivity index (χ0v) is 10.5. The predicted molar refractivity (Wildman–Crippen MR) is 67.3 cm³/mol. The molecule has 2 N–H and O–H groups in total. The zero-order chi connectivity index (χ0) is 12.7. The number of hydrogen-bond acceptors (Lipinski definition) is 4. The van der Waals surface area contributed by atoms with Gasteiger partial charge in [0.2, 0.25) is 0 Å². The second-order valence-corrected chi connectivity index (χ2v) is 3.82. The topological polar surface area (TPSA) is 52.9 Å². The first-order valence-electron chi connectivity index (χ1n) is 5.99. The molecule has 0 saturated heterocycles. The van der Waals surface area contributed by atoms with Gasteiger partial charge in [-0.2, -0.15) is 0 Å². The normalized spacial score (nSPS) is 10.8. The summed E-state index contributed by atoms with van der Waals surface area (Å²) in [4.78, 5) is 2.06. The van der Waals surface area contributed by atoms with Crippen LogP contribution in [0.5, 0.6) is 11.5 Å². The third-order valence-electron chi connectivity index (χ3n) is 2.62. The largest absolute Gasteiger partial charge is 0.508 e. The van der Waals surface area contributed by atoms with Gasteiger partial charge in [0.1, 0.15) is 11.5 Å². The molecule has 4 nitrogen and oxygen atoms in total. The fourth-order valence-corrected chi connectivity index (χ4v) is 1.68. The smallest absolute Gasteiger partial charge is 0.120 e. The summed E-state index contributed by atoms with van der Waals surface area (Å²) in [6, 6.07) is 5.25. The lowest BCUT2D eigenvalue weighted by Crippen LogP contribution is -2.26. The summed E-state index contributed by atoms with van der Waals surface area (Å²) in [7, 11) is 0.